The Morgan fingerprint density at radius 1 is 1.42 bits per heavy atom. The average Bonchev–Trinajstić information content (AvgIpc) is 2.34. The summed E-state index contributed by atoms with van der Waals surface area (Å²) in [6.45, 7) is 7.11. The molecule has 0 bridgehead atoms. The number of ether oxygens (including phenoxy) is 1. The van der Waals surface area contributed by atoms with Gasteiger partial charge in [-0.05, 0) is 58.4 Å². The highest BCUT2D eigenvalue weighted by Gasteiger charge is 2.36. The molecule has 1 aromatic rings. The van der Waals surface area contributed by atoms with Crippen molar-refractivity contribution in [3.63, 3.8) is 0 Å². The third kappa shape index (κ3) is 3.28. The predicted octanol–water partition coefficient (Wildman–Crippen LogP) is 2.78. The second-order valence-electron chi connectivity index (χ2n) is 6.01. The number of rotatable bonds is 3. The third-order valence-electron chi connectivity index (χ3n) is 4.01. The Hall–Kier alpha value is -1.06. The quantitative estimate of drug-likeness (QED) is 0.910. The first-order chi connectivity index (χ1) is 8.90. The Morgan fingerprint density at radius 3 is 2.79 bits per heavy atom. The fraction of sp³-hybridized carbons (Fsp3) is 0.625. The minimum Gasteiger partial charge on any atom is -0.491 e. The Balaban J connectivity index is 2.21. The van der Waals surface area contributed by atoms with E-state index < -0.39 is 5.60 Å². The summed E-state index contributed by atoms with van der Waals surface area (Å²) in [5.74, 6) is 0.840. The molecule has 1 aromatic carbocycles. The van der Waals surface area contributed by atoms with Crippen LogP contribution in [0, 0.1) is 0 Å². The zero-order valence-corrected chi connectivity index (χ0v) is 12.4. The second kappa shape index (κ2) is 5.51. The molecule has 1 aliphatic rings. The van der Waals surface area contributed by atoms with Gasteiger partial charge in [-0.3, -0.25) is 0 Å². The monoisotopic (exact) mass is 263 g/mol. The number of benzene rings is 1. The van der Waals surface area contributed by atoms with Crippen LogP contribution in [0.25, 0.3) is 0 Å². The van der Waals surface area contributed by atoms with E-state index in [0.717, 1.165) is 30.7 Å². The van der Waals surface area contributed by atoms with Crippen molar-refractivity contribution in [1.82, 2.24) is 4.90 Å². The van der Waals surface area contributed by atoms with E-state index in [-0.39, 0.29) is 6.10 Å². The van der Waals surface area contributed by atoms with Crippen LogP contribution in [-0.4, -0.2) is 35.7 Å². The van der Waals surface area contributed by atoms with Crippen molar-refractivity contribution in [2.75, 3.05) is 13.6 Å². The van der Waals surface area contributed by atoms with E-state index in [1.165, 1.54) is 0 Å². The summed E-state index contributed by atoms with van der Waals surface area (Å²) < 4.78 is 5.72. The van der Waals surface area contributed by atoms with Crippen LogP contribution in [0.1, 0.15) is 39.2 Å². The summed E-state index contributed by atoms with van der Waals surface area (Å²) in [5.41, 5.74) is 0.257. The van der Waals surface area contributed by atoms with Crippen LogP contribution in [0.2, 0.25) is 0 Å². The van der Waals surface area contributed by atoms with Gasteiger partial charge >= 0.3 is 0 Å². The Bertz CT molecular complexity index is 433. The van der Waals surface area contributed by atoms with Gasteiger partial charge in [0.05, 0.1) is 11.7 Å². The summed E-state index contributed by atoms with van der Waals surface area (Å²) in [7, 11) is 2.11. The molecule has 0 spiro atoms. The maximum Gasteiger partial charge on any atom is 0.120 e. The topological polar surface area (TPSA) is 32.7 Å². The Kier molecular flexibility index (Phi) is 4.16. The van der Waals surface area contributed by atoms with Crippen LogP contribution in [0.15, 0.2) is 24.3 Å². The van der Waals surface area contributed by atoms with E-state index in [0.29, 0.717) is 6.04 Å². The summed E-state index contributed by atoms with van der Waals surface area (Å²) in [6.07, 6.45) is 1.70. The zero-order chi connectivity index (χ0) is 14.0. The molecule has 1 fully saturated rings. The molecule has 2 rings (SSSR count). The zero-order valence-electron chi connectivity index (χ0n) is 12.4. The van der Waals surface area contributed by atoms with Crippen molar-refractivity contribution < 1.29 is 9.84 Å². The lowest BCUT2D eigenvalue weighted by Gasteiger charge is -2.41. The molecule has 3 nitrogen and oxygen atoms in total. The highest BCUT2D eigenvalue weighted by molar-refractivity contribution is 5.33. The predicted molar refractivity (Wildman–Crippen MR) is 77.4 cm³/mol. The van der Waals surface area contributed by atoms with Crippen molar-refractivity contribution in [2.45, 2.75) is 51.4 Å². The van der Waals surface area contributed by atoms with Gasteiger partial charge in [0.15, 0.2) is 0 Å². The number of aliphatic hydroxyl groups is 1. The van der Waals surface area contributed by atoms with Crippen molar-refractivity contribution in [2.24, 2.45) is 0 Å². The molecule has 0 aliphatic carbocycles. The van der Waals surface area contributed by atoms with Crippen LogP contribution in [0.5, 0.6) is 5.75 Å². The smallest absolute Gasteiger partial charge is 0.120 e. The van der Waals surface area contributed by atoms with Crippen LogP contribution < -0.4 is 4.74 Å². The van der Waals surface area contributed by atoms with Gasteiger partial charge < -0.3 is 14.7 Å². The number of hydrogen-bond donors (Lipinski definition) is 1. The van der Waals surface area contributed by atoms with Gasteiger partial charge in [0.1, 0.15) is 5.75 Å². The van der Waals surface area contributed by atoms with Gasteiger partial charge in [0, 0.05) is 12.6 Å². The second-order valence-corrected chi connectivity index (χ2v) is 6.01. The molecule has 3 heteroatoms. The molecule has 1 saturated heterocycles. The largest absolute Gasteiger partial charge is 0.491 e. The summed E-state index contributed by atoms with van der Waals surface area (Å²) in [5, 5.41) is 10.9. The maximum atomic E-state index is 10.9. The van der Waals surface area contributed by atoms with Gasteiger partial charge in [-0.1, -0.05) is 12.1 Å². The molecular weight excluding hydrogens is 238 g/mol. The number of likely N-dealkylation sites (tertiary alicyclic amines) is 1. The highest BCUT2D eigenvalue weighted by atomic mass is 16.5. The Morgan fingerprint density at radius 2 is 2.16 bits per heavy atom. The van der Waals surface area contributed by atoms with Crippen LogP contribution >= 0.6 is 0 Å². The molecule has 1 N–H and O–H groups in total. The molecule has 1 aliphatic heterocycles. The standard InChI is InChI=1S/C16H25NO2/c1-12(2)19-15-7-5-6-14(10-15)16(18)8-9-17(4)13(3)11-16/h5-7,10,12-13,18H,8-9,11H2,1-4H3. The first-order valence-electron chi connectivity index (χ1n) is 7.10. The fourth-order valence-corrected chi connectivity index (χ4v) is 2.72. The molecule has 19 heavy (non-hydrogen) atoms. The minimum absolute atomic E-state index is 0.154. The van der Waals surface area contributed by atoms with Crippen LogP contribution in [0.4, 0.5) is 0 Å². The van der Waals surface area contributed by atoms with Crippen LogP contribution in [-0.2, 0) is 5.60 Å². The van der Waals surface area contributed by atoms with E-state index in [4.69, 9.17) is 4.74 Å². The van der Waals surface area contributed by atoms with E-state index in [9.17, 15) is 5.11 Å². The third-order valence-corrected chi connectivity index (χ3v) is 4.01. The molecule has 106 valence electrons. The lowest BCUT2D eigenvalue weighted by Crippen LogP contribution is -2.45. The average molecular weight is 263 g/mol. The Labute approximate surface area is 116 Å². The fourth-order valence-electron chi connectivity index (χ4n) is 2.72. The van der Waals surface area contributed by atoms with Gasteiger partial charge in [-0.2, -0.15) is 0 Å². The van der Waals surface area contributed by atoms with Gasteiger partial charge in [-0.25, -0.2) is 0 Å². The van der Waals surface area contributed by atoms with E-state index in [2.05, 4.69) is 18.9 Å². The van der Waals surface area contributed by atoms with E-state index >= 15 is 0 Å². The lowest BCUT2D eigenvalue weighted by atomic mass is 9.81. The first kappa shape index (κ1) is 14.4. The molecule has 2 atom stereocenters. The molecule has 0 amide bonds. The van der Waals surface area contributed by atoms with Crippen molar-refractivity contribution in [1.29, 1.82) is 0 Å². The molecular formula is C16H25NO2. The lowest BCUT2D eigenvalue weighted by molar-refractivity contribution is -0.0410. The minimum atomic E-state index is -0.720. The van der Waals surface area contributed by atoms with Crippen molar-refractivity contribution >= 4 is 0 Å². The normalized spacial score (nSPS) is 28.6. The van der Waals surface area contributed by atoms with E-state index in [1.807, 2.05) is 38.1 Å². The van der Waals surface area contributed by atoms with Crippen molar-refractivity contribution in [3.8, 4) is 5.75 Å². The van der Waals surface area contributed by atoms with Crippen LogP contribution in [0.3, 0.4) is 0 Å². The first-order valence-corrected chi connectivity index (χ1v) is 7.10. The summed E-state index contributed by atoms with van der Waals surface area (Å²) in [6, 6.07) is 8.30. The maximum absolute atomic E-state index is 10.9. The molecule has 0 aromatic heterocycles. The molecule has 0 radical (unpaired) electrons. The molecule has 0 saturated carbocycles. The van der Waals surface area contributed by atoms with Gasteiger partial charge in [0.25, 0.3) is 0 Å². The number of piperidine rings is 1. The van der Waals surface area contributed by atoms with E-state index in [1.54, 1.807) is 0 Å². The molecule has 2 unspecified atom stereocenters. The summed E-state index contributed by atoms with van der Waals surface area (Å²) >= 11 is 0. The highest BCUT2D eigenvalue weighted by Crippen LogP contribution is 2.36. The number of hydrogen-bond acceptors (Lipinski definition) is 3. The van der Waals surface area contributed by atoms with Crippen molar-refractivity contribution in [3.05, 3.63) is 29.8 Å². The van der Waals surface area contributed by atoms with Gasteiger partial charge in [-0.15, -0.1) is 0 Å². The SMILES string of the molecule is CC(C)Oc1cccc(C2(O)CCN(C)C(C)C2)c1. The summed E-state index contributed by atoms with van der Waals surface area (Å²) in [4.78, 5) is 2.29. The van der Waals surface area contributed by atoms with Gasteiger partial charge in [0.2, 0.25) is 0 Å². The number of nitrogens with zero attached hydrogens (tertiary/aromatic N) is 1. The molecule has 1 heterocycles.